The molecule has 0 aliphatic carbocycles. The van der Waals surface area contributed by atoms with Crippen LogP contribution in [0.3, 0.4) is 0 Å². The summed E-state index contributed by atoms with van der Waals surface area (Å²) in [6.07, 6.45) is 0. The van der Waals surface area contributed by atoms with Crippen molar-refractivity contribution in [2.75, 3.05) is 0 Å². The molecule has 0 fully saturated rings. The zero-order chi connectivity index (χ0) is 32.2. The van der Waals surface area contributed by atoms with Gasteiger partial charge in [-0.3, -0.25) is 8.97 Å². The van der Waals surface area contributed by atoms with Crippen LogP contribution in [-0.4, -0.2) is 23.9 Å². The fourth-order valence-corrected chi connectivity index (χ4v) is 6.72. The number of nitrogens with zero attached hydrogens (tertiary/aromatic N) is 5. The van der Waals surface area contributed by atoms with Gasteiger partial charge in [0.25, 0.3) is 0 Å². The van der Waals surface area contributed by atoms with Gasteiger partial charge in [0.05, 0.1) is 16.6 Å². The maximum atomic E-state index is 4.99. The number of fused-ring (bicyclic) bond motifs is 5. The van der Waals surface area contributed by atoms with Gasteiger partial charge in [-0.25, -0.2) is 15.0 Å². The maximum absolute atomic E-state index is 4.99. The first-order valence-corrected chi connectivity index (χ1v) is 16.2. The number of imidazole rings is 1. The minimum absolute atomic E-state index is 0.646. The Labute approximate surface area is 278 Å². The monoisotopic (exact) mass is 617 g/mol. The Kier molecular flexibility index (Phi) is 6.51. The third kappa shape index (κ3) is 4.59. The van der Waals surface area contributed by atoms with E-state index in [0.717, 1.165) is 33.6 Å². The van der Waals surface area contributed by atoms with Gasteiger partial charge in [0.1, 0.15) is 5.65 Å². The average Bonchev–Trinajstić information content (AvgIpc) is 3.65. The number of benzene rings is 6. The van der Waals surface area contributed by atoms with Gasteiger partial charge < -0.3 is 0 Å². The van der Waals surface area contributed by atoms with E-state index in [4.69, 9.17) is 15.0 Å². The van der Waals surface area contributed by atoms with Crippen LogP contribution in [0.2, 0.25) is 0 Å². The molecule has 0 aliphatic heterocycles. The molecular weight excluding hydrogens is 587 g/mol. The van der Waals surface area contributed by atoms with Crippen molar-refractivity contribution in [1.82, 2.24) is 23.9 Å². The summed E-state index contributed by atoms with van der Waals surface area (Å²) < 4.78 is 4.78. The van der Waals surface area contributed by atoms with Gasteiger partial charge >= 0.3 is 0 Å². The summed E-state index contributed by atoms with van der Waals surface area (Å²) >= 11 is 0. The van der Waals surface area contributed by atoms with E-state index in [-0.39, 0.29) is 0 Å². The number of hydrogen-bond acceptors (Lipinski definition) is 3. The summed E-state index contributed by atoms with van der Waals surface area (Å²) in [5, 5.41) is 1.21. The number of aromatic nitrogens is 5. The minimum Gasteiger partial charge on any atom is -0.293 e. The summed E-state index contributed by atoms with van der Waals surface area (Å²) in [5.41, 5.74) is 13.4. The number of rotatable bonds is 5. The van der Waals surface area contributed by atoms with Gasteiger partial charge in [-0.05, 0) is 49.7 Å². The maximum Gasteiger partial charge on any atom is 0.164 e. The summed E-state index contributed by atoms with van der Waals surface area (Å²) in [6.45, 7) is 4.17. The number of hydrogen-bond donors (Lipinski definition) is 0. The quantitative estimate of drug-likeness (QED) is 0.193. The number of para-hydroxylation sites is 4. The zero-order valence-corrected chi connectivity index (χ0v) is 26.7. The Morgan fingerprint density at radius 3 is 1.40 bits per heavy atom. The fraction of sp³-hybridized carbons (Fsp3) is 0.0465. The highest BCUT2D eigenvalue weighted by atomic mass is 15.1. The lowest BCUT2D eigenvalue weighted by Crippen LogP contribution is -2.00. The Morgan fingerprint density at radius 1 is 0.396 bits per heavy atom. The molecule has 9 rings (SSSR count). The summed E-state index contributed by atoms with van der Waals surface area (Å²) in [7, 11) is 0. The molecule has 0 radical (unpaired) electrons. The van der Waals surface area contributed by atoms with Crippen molar-refractivity contribution in [3.63, 3.8) is 0 Å². The predicted octanol–water partition coefficient (Wildman–Crippen LogP) is 10.5. The highest BCUT2D eigenvalue weighted by molar-refractivity contribution is 6.09. The van der Waals surface area contributed by atoms with Gasteiger partial charge in [-0.15, -0.1) is 0 Å². The summed E-state index contributed by atoms with van der Waals surface area (Å²) in [4.78, 5) is 14.9. The average molecular weight is 618 g/mol. The van der Waals surface area contributed by atoms with Gasteiger partial charge in [-0.2, -0.15) is 0 Å². The Bertz CT molecular complexity index is 2530. The molecule has 5 heteroatoms. The molecule has 6 aromatic carbocycles. The highest BCUT2D eigenvalue weighted by Crippen LogP contribution is 2.41. The Hall–Kier alpha value is -6.33. The minimum atomic E-state index is 0.646. The van der Waals surface area contributed by atoms with Gasteiger partial charge in [-0.1, -0.05) is 132 Å². The lowest BCUT2D eigenvalue weighted by molar-refractivity contribution is 1.07. The second kappa shape index (κ2) is 11.2. The first-order chi connectivity index (χ1) is 23.6. The molecule has 0 atom stereocenters. The Morgan fingerprint density at radius 2 is 0.833 bits per heavy atom. The summed E-state index contributed by atoms with van der Waals surface area (Å²) in [5.74, 6) is 1.97. The van der Waals surface area contributed by atoms with Crippen LogP contribution in [-0.2, 0) is 0 Å². The smallest absolute Gasteiger partial charge is 0.164 e. The Balaban J connectivity index is 1.24. The van der Waals surface area contributed by atoms with Crippen molar-refractivity contribution in [3.8, 4) is 51.0 Å². The van der Waals surface area contributed by atoms with Crippen LogP contribution in [0.15, 0.2) is 152 Å². The van der Waals surface area contributed by atoms with Crippen LogP contribution in [0.4, 0.5) is 0 Å². The zero-order valence-electron chi connectivity index (χ0n) is 26.7. The van der Waals surface area contributed by atoms with Crippen molar-refractivity contribution in [2.45, 2.75) is 13.8 Å². The van der Waals surface area contributed by atoms with Crippen LogP contribution < -0.4 is 0 Å². The first kappa shape index (κ1) is 27.9. The second-order valence-corrected chi connectivity index (χ2v) is 12.3. The molecule has 9 aromatic rings. The SMILES string of the molecule is Cc1ccc(-c2nc(-c3ccc(C)cc3)nc(-c3ccc(-c4c5ccccc5n5c6ccccc6n(-c6ccccc6)c45)cc3)n2)cc1. The molecule has 0 saturated carbocycles. The van der Waals surface area contributed by atoms with Gasteiger partial charge in [0.2, 0.25) is 0 Å². The van der Waals surface area contributed by atoms with E-state index in [9.17, 15) is 0 Å². The van der Waals surface area contributed by atoms with Crippen LogP contribution >= 0.6 is 0 Å². The molecule has 48 heavy (non-hydrogen) atoms. The van der Waals surface area contributed by atoms with E-state index >= 15 is 0 Å². The van der Waals surface area contributed by atoms with E-state index in [1.165, 1.54) is 38.6 Å². The molecule has 5 nitrogen and oxygen atoms in total. The molecule has 3 heterocycles. The molecule has 0 saturated heterocycles. The molecule has 0 bridgehead atoms. The van der Waals surface area contributed by atoms with Crippen molar-refractivity contribution in [2.24, 2.45) is 0 Å². The van der Waals surface area contributed by atoms with Gasteiger partial charge in [0, 0.05) is 33.3 Å². The third-order valence-corrected chi connectivity index (χ3v) is 9.13. The third-order valence-electron chi connectivity index (χ3n) is 9.13. The van der Waals surface area contributed by atoms with E-state index in [1.54, 1.807) is 0 Å². The largest absolute Gasteiger partial charge is 0.293 e. The molecular formula is C43H31N5. The number of aryl methyl sites for hydroxylation is 2. The fourth-order valence-electron chi connectivity index (χ4n) is 6.72. The van der Waals surface area contributed by atoms with Crippen LogP contribution in [0.5, 0.6) is 0 Å². The van der Waals surface area contributed by atoms with E-state index in [1.807, 2.05) is 0 Å². The molecule has 0 aliphatic rings. The van der Waals surface area contributed by atoms with Crippen molar-refractivity contribution in [1.29, 1.82) is 0 Å². The van der Waals surface area contributed by atoms with Crippen molar-refractivity contribution >= 4 is 27.6 Å². The normalized spacial score (nSPS) is 11.5. The van der Waals surface area contributed by atoms with Crippen LogP contribution in [0, 0.1) is 13.8 Å². The molecule has 0 unspecified atom stereocenters. The summed E-state index contributed by atoms with van der Waals surface area (Å²) in [6, 6.07) is 53.3. The highest BCUT2D eigenvalue weighted by Gasteiger charge is 2.22. The van der Waals surface area contributed by atoms with Crippen molar-refractivity contribution < 1.29 is 0 Å². The van der Waals surface area contributed by atoms with E-state index < -0.39 is 0 Å². The van der Waals surface area contributed by atoms with E-state index in [2.05, 4.69) is 174 Å². The predicted molar refractivity (Wildman–Crippen MR) is 196 cm³/mol. The van der Waals surface area contributed by atoms with Gasteiger partial charge in [0.15, 0.2) is 17.5 Å². The topological polar surface area (TPSA) is 48.0 Å². The standard InChI is InChI=1S/C43H31N5/c1-28-16-20-31(21-17-28)40-44-41(32-22-18-29(2)19-23-32)46-42(45-40)33-26-24-30(25-27-33)39-35-12-6-7-13-36(35)48-38-15-9-8-14-37(38)47(43(39)48)34-10-4-3-5-11-34/h3-27H,1-2H3. The molecule has 3 aromatic heterocycles. The molecule has 0 spiro atoms. The lowest BCUT2D eigenvalue weighted by atomic mass is 10.0. The first-order valence-electron chi connectivity index (χ1n) is 16.2. The van der Waals surface area contributed by atoms with Crippen LogP contribution in [0.25, 0.3) is 78.6 Å². The van der Waals surface area contributed by atoms with Crippen LogP contribution in [0.1, 0.15) is 11.1 Å². The second-order valence-electron chi connectivity index (χ2n) is 12.3. The lowest BCUT2D eigenvalue weighted by Gasteiger charge is -2.11. The van der Waals surface area contributed by atoms with Crippen molar-refractivity contribution in [3.05, 3.63) is 163 Å². The van der Waals surface area contributed by atoms with E-state index in [0.29, 0.717) is 17.5 Å². The molecule has 228 valence electrons. The molecule has 0 amide bonds. The molecule has 0 N–H and O–H groups in total.